The molecule has 0 aliphatic rings. The number of unbranched alkanes of at least 4 members (excludes halogenated alkanes) is 3. The van der Waals surface area contributed by atoms with E-state index >= 15 is 0 Å². The molecule has 0 saturated heterocycles. The molecule has 3 aromatic carbocycles. The molecule has 3 rings (SSSR count). The summed E-state index contributed by atoms with van der Waals surface area (Å²) in [5.41, 5.74) is 3.84. The van der Waals surface area contributed by atoms with Crippen molar-refractivity contribution < 1.29 is 23.7 Å². The van der Waals surface area contributed by atoms with E-state index in [0.717, 1.165) is 33.7 Å². The summed E-state index contributed by atoms with van der Waals surface area (Å²) in [6.45, 7) is 3.67. The van der Waals surface area contributed by atoms with Gasteiger partial charge in [0.15, 0.2) is 11.5 Å². The highest BCUT2D eigenvalue weighted by atomic mass is 127. The van der Waals surface area contributed by atoms with Crippen LogP contribution in [0.25, 0.3) is 0 Å². The van der Waals surface area contributed by atoms with Crippen LogP contribution in [0.5, 0.6) is 23.0 Å². The predicted octanol–water partition coefficient (Wildman–Crippen LogP) is 6.48. The second-order valence-electron chi connectivity index (χ2n) is 8.18. The minimum Gasteiger partial charge on any atom is -0.494 e. The maximum Gasteiger partial charge on any atom is 0.271 e. The van der Waals surface area contributed by atoms with E-state index < -0.39 is 0 Å². The Morgan fingerprint density at radius 3 is 2.24 bits per heavy atom. The Balaban J connectivity index is 1.46. The third kappa shape index (κ3) is 9.60. The maximum atomic E-state index is 12.1. The SMILES string of the molecule is CCCCCCOc1ccc(OCCOc2c(I)cc(/C=N\NC(=O)c3ccccc3)cc2OC)cc1. The summed E-state index contributed by atoms with van der Waals surface area (Å²) in [6, 6.07) is 20.3. The lowest BCUT2D eigenvalue weighted by molar-refractivity contribution is 0.0955. The van der Waals surface area contributed by atoms with Gasteiger partial charge in [-0.05, 0) is 83.1 Å². The zero-order valence-corrected chi connectivity index (χ0v) is 23.4. The first-order chi connectivity index (χ1) is 18.1. The quantitative estimate of drug-likeness (QED) is 0.0916. The second kappa shape index (κ2) is 15.8. The number of halogens is 1. The lowest BCUT2D eigenvalue weighted by Crippen LogP contribution is -2.17. The number of amides is 1. The summed E-state index contributed by atoms with van der Waals surface area (Å²) >= 11 is 2.19. The number of nitrogens with zero attached hydrogens (tertiary/aromatic N) is 1. The molecule has 0 radical (unpaired) electrons. The van der Waals surface area contributed by atoms with Crippen molar-refractivity contribution in [2.45, 2.75) is 32.6 Å². The monoisotopic (exact) mass is 616 g/mol. The fourth-order valence-corrected chi connectivity index (χ4v) is 4.21. The van der Waals surface area contributed by atoms with Gasteiger partial charge in [0.05, 0.1) is 23.5 Å². The fraction of sp³-hybridized carbons (Fsp3) is 0.310. The van der Waals surface area contributed by atoms with Gasteiger partial charge in [0, 0.05) is 5.56 Å². The number of hydrogen-bond donors (Lipinski definition) is 1. The Kier molecular flexibility index (Phi) is 12.1. The first-order valence-corrected chi connectivity index (χ1v) is 13.4. The number of carbonyl (C=O) groups excluding carboxylic acids is 1. The van der Waals surface area contributed by atoms with Crippen LogP contribution >= 0.6 is 22.6 Å². The molecule has 0 aliphatic heterocycles. The number of methoxy groups -OCH3 is 1. The molecule has 0 aliphatic carbocycles. The highest BCUT2D eigenvalue weighted by molar-refractivity contribution is 14.1. The molecule has 0 fully saturated rings. The Labute approximate surface area is 232 Å². The number of rotatable bonds is 15. The number of hydrogen-bond acceptors (Lipinski definition) is 6. The van der Waals surface area contributed by atoms with E-state index in [0.29, 0.717) is 30.3 Å². The first kappa shape index (κ1) is 28.3. The van der Waals surface area contributed by atoms with Crippen molar-refractivity contribution >= 4 is 34.7 Å². The molecule has 7 nitrogen and oxygen atoms in total. The lowest BCUT2D eigenvalue weighted by atomic mass is 10.2. The van der Waals surface area contributed by atoms with Crippen LogP contribution in [0.2, 0.25) is 0 Å². The number of ether oxygens (including phenoxy) is 4. The molecule has 196 valence electrons. The molecule has 0 saturated carbocycles. The zero-order valence-electron chi connectivity index (χ0n) is 21.2. The van der Waals surface area contributed by atoms with Crippen molar-refractivity contribution in [1.29, 1.82) is 0 Å². The Morgan fingerprint density at radius 2 is 1.57 bits per heavy atom. The minimum atomic E-state index is -0.275. The van der Waals surface area contributed by atoms with Crippen LogP contribution in [0.4, 0.5) is 0 Å². The summed E-state index contributed by atoms with van der Waals surface area (Å²) in [7, 11) is 1.58. The van der Waals surface area contributed by atoms with Gasteiger partial charge in [0.1, 0.15) is 24.7 Å². The lowest BCUT2D eigenvalue weighted by Gasteiger charge is -2.14. The summed E-state index contributed by atoms with van der Waals surface area (Å²) < 4.78 is 23.9. The molecule has 0 spiro atoms. The summed E-state index contributed by atoms with van der Waals surface area (Å²) in [6.07, 6.45) is 6.31. The van der Waals surface area contributed by atoms with E-state index in [1.165, 1.54) is 19.3 Å². The molecule has 3 aromatic rings. The average molecular weight is 616 g/mol. The average Bonchev–Trinajstić information content (AvgIpc) is 2.92. The van der Waals surface area contributed by atoms with Crippen LogP contribution in [-0.2, 0) is 0 Å². The van der Waals surface area contributed by atoms with Crippen LogP contribution in [0.3, 0.4) is 0 Å². The van der Waals surface area contributed by atoms with Gasteiger partial charge in [-0.1, -0.05) is 44.4 Å². The van der Waals surface area contributed by atoms with Gasteiger partial charge in [0.25, 0.3) is 5.91 Å². The molecule has 0 unspecified atom stereocenters. The normalized spacial score (nSPS) is 10.8. The smallest absolute Gasteiger partial charge is 0.271 e. The third-order valence-corrected chi connectivity index (χ3v) is 6.16. The van der Waals surface area contributed by atoms with Crippen LogP contribution in [0, 0.1) is 3.57 Å². The standard InChI is InChI=1S/C29H33IN2O5/c1-3-4-5-9-16-35-24-12-14-25(15-13-24)36-17-18-37-28-26(30)19-22(20-27(28)34-2)21-31-32-29(33)23-10-7-6-8-11-23/h6-8,10-15,19-21H,3-5,9,16-18H2,1-2H3,(H,32,33)/b31-21-. The number of nitrogens with one attached hydrogen (secondary N) is 1. The Bertz CT molecular complexity index is 1140. The molecule has 1 amide bonds. The van der Waals surface area contributed by atoms with Crippen molar-refractivity contribution in [2.75, 3.05) is 26.9 Å². The molecular formula is C29H33IN2O5. The predicted molar refractivity (Wildman–Crippen MR) is 154 cm³/mol. The summed E-state index contributed by atoms with van der Waals surface area (Å²) in [4.78, 5) is 12.1. The van der Waals surface area contributed by atoms with Gasteiger partial charge < -0.3 is 18.9 Å². The topological polar surface area (TPSA) is 78.4 Å². The van der Waals surface area contributed by atoms with Crippen LogP contribution in [0.15, 0.2) is 71.8 Å². The Morgan fingerprint density at radius 1 is 0.892 bits per heavy atom. The summed E-state index contributed by atoms with van der Waals surface area (Å²) in [5, 5.41) is 4.05. The van der Waals surface area contributed by atoms with Gasteiger partial charge in [-0.25, -0.2) is 5.43 Å². The van der Waals surface area contributed by atoms with E-state index in [1.807, 2.05) is 36.4 Å². The van der Waals surface area contributed by atoms with Crippen LogP contribution in [-0.4, -0.2) is 39.1 Å². The van der Waals surface area contributed by atoms with Gasteiger partial charge >= 0.3 is 0 Å². The van der Waals surface area contributed by atoms with Crippen LogP contribution < -0.4 is 24.4 Å². The van der Waals surface area contributed by atoms with E-state index in [2.05, 4.69) is 40.0 Å². The third-order valence-electron chi connectivity index (χ3n) is 5.36. The highest BCUT2D eigenvalue weighted by Crippen LogP contribution is 2.33. The molecular weight excluding hydrogens is 583 g/mol. The van der Waals surface area contributed by atoms with Crippen LogP contribution in [0.1, 0.15) is 48.5 Å². The zero-order chi connectivity index (χ0) is 26.3. The van der Waals surface area contributed by atoms with E-state index in [1.54, 1.807) is 43.7 Å². The van der Waals surface area contributed by atoms with Gasteiger partial charge in [-0.15, -0.1) is 0 Å². The van der Waals surface area contributed by atoms with Crippen molar-refractivity contribution in [1.82, 2.24) is 5.43 Å². The summed E-state index contributed by atoms with van der Waals surface area (Å²) in [5.74, 6) is 2.53. The van der Waals surface area contributed by atoms with Crippen molar-refractivity contribution in [3.05, 3.63) is 81.4 Å². The van der Waals surface area contributed by atoms with Gasteiger partial charge in [-0.2, -0.15) is 5.10 Å². The van der Waals surface area contributed by atoms with E-state index in [9.17, 15) is 4.79 Å². The maximum absolute atomic E-state index is 12.1. The van der Waals surface area contributed by atoms with Crippen molar-refractivity contribution in [2.24, 2.45) is 5.10 Å². The van der Waals surface area contributed by atoms with Crippen molar-refractivity contribution in [3.63, 3.8) is 0 Å². The fourth-order valence-electron chi connectivity index (χ4n) is 3.43. The molecule has 0 heterocycles. The molecule has 1 N–H and O–H groups in total. The molecule has 37 heavy (non-hydrogen) atoms. The molecule has 8 heteroatoms. The number of benzene rings is 3. The first-order valence-electron chi connectivity index (χ1n) is 12.3. The van der Waals surface area contributed by atoms with E-state index in [-0.39, 0.29) is 5.91 Å². The largest absolute Gasteiger partial charge is 0.494 e. The second-order valence-corrected chi connectivity index (χ2v) is 9.34. The molecule has 0 bridgehead atoms. The van der Waals surface area contributed by atoms with Crippen molar-refractivity contribution in [3.8, 4) is 23.0 Å². The molecule has 0 atom stereocenters. The molecule has 0 aromatic heterocycles. The Hall–Kier alpha value is -3.27. The highest BCUT2D eigenvalue weighted by Gasteiger charge is 2.12. The van der Waals surface area contributed by atoms with Gasteiger partial charge in [0.2, 0.25) is 0 Å². The minimum absolute atomic E-state index is 0.275. The van der Waals surface area contributed by atoms with Gasteiger partial charge in [-0.3, -0.25) is 4.79 Å². The number of hydrazone groups is 1. The van der Waals surface area contributed by atoms with E-state index in [4.69, 9.17) is 18.9 Å². The number of carbonyl (C=O) groups is 1.